The van der Waals surface area contributed by atoms with Crippen LogP contribution in [0.4, 0.5) is 5.82 Å². The van der Waals surface area contributed by atoms with Crippen LogP contribution in [0, 0.1) is 10.1 Å². The highest BCUT2D eigenvalue weighted by Gasteiger charge is 2.40. The Hall–Kier alpha value is -3.23. The Bertz CT molecular complexity index is 1080. The third-order valence-corrected chi connectivity index (χ3v) is 6.65. The zero-order chi connectivity index (χ0) is 22.8. The second-order valence-corrected chi connectivity index (χ2v) is 9.25. The molecule has 0 N–H and O–H groups in total. The van der Waals surface area contributed by atoms with Gasteiger partial charge in [0, 0.05) is 50.7 Å². The summed E-state index contributed by atoms with van der Waals surface area (Å²) in [6.07, 6.45) is 2.33. The smallest absolute Gasteiger partial charge is 0.414 e. The normalized spacial score (nSPS) is 21.0. The summed E-state index contributed by atoms with van der Waals surface area (Å²) in [5.74, 6) is -0.155. The van der Waals surface area contributed by atoms with Gasteiger partial charge in [0.1, 0.15) is 11.8 Å². The standard InChI is InChI=1S/C25H29N5O3/c1-25(19-29-18-23(30(31)32)26-24(29)33-25)11-12-27-13-15-28(16-14-27)17-20-7-9-22(10-8-20)21-5-3-2-4-6-21/h2-10,18H,11-17,19H2,1H3. The van der Waals surface area contributed by atoms with E-state index in [0.717, 1.165) is 45.7 Å². The first-order chi connectivity index (χ1) is 16.0. The van der Waals surface area contributed by atoms with E-state index >= 15 is 0 Å². The van der Waals surface area contributed by atoms with Crippen LogP contribution in [-0.4, -0.2) is 62.6 Å². The Labute approximate surface area is 193 Å². The summed E-state index contributed by atoms with van der Waals surface area (Å²) >= 11 is 0. The molecule has 2 aromatic carbocycles. The molecule has 0 spiro atoms. The van der Waals surface area contributed by atoms with Gasteiger partial charge < -0.3 is 19.8 Å². The van der Waals surface area contributed by atoms with Crippen molar-refractivity contribution in [2.45, 2.75) is 32.0 Å². The van der Waals surface area contributed by atoms with Crippen molar-refractivity contribution in [3.05, 3.63) is 76.5 Å². The molecule has 1 unspecified atom stereocenters. The molecule has 2 aliphatic rings. The number of nitro groups is 1. The fraction of sp³-hybridized carbons (Fsp3) is 0.400. The number of ether oxygens (including phenoxy) is 1. The third kappa shape index (κ3) is 4.91. The highest BCUT2D eigenvalue weighted by atomic mass is 16.6. The molecule has 1 saturated heterocycles. The maximum Gasteiger partial charge on any atom is 0.414 e. The van der Waals surface area contributed by atoms with Gasteiger partial charge in [-0.1, -0.05) is 54.6 Å². The van der Waals surface area contributed by atoms with Gasteiger partial charge in [-0.15, -0.1) is 0 Å². The molecule has 172 valence electrons. The molecular formula is C25H29N5O3. The van der Waals surface area contributed by atoms with Gasteiger partial charge in [0.15, 0.2) is 0 Å². The summed E-state index contributed by atoms with van der Waals surface area (Å²) < 4.78 is 7.72. The number of piperazine rings is 1. The molecule has 1 aromatic heterocycles. The lowest BCUT2D eigenvalue weighted by molar-refractivity contribution is -0.389. The van der Waals surface area contributed by atoms with E-state index in [4.69, 9.17) is 4.74 Å². The molecule has 3 aromatic rings. The fourth-order valence-electron chi connectivity index (χ4n) is 4.67. The van der Waals surface area contributed by atoms with Gasteiger partial charge in [0.25, 0.3) is 0 Å². The van der Waals surface area contributed by atoms with E-state index in [2.05, 4.69) is 70.2 Å². The number of aromatic nitrogens is 2. The predicted octanol–water partition coefficient (Wildman–Crippen LogP) is 3.82. The van der Waals surface area contributed by atoms with Crippen molar-refractivity contribution in [2.75, 3.05) is 32.7 Å². The lowest BCUT2D eigenvalue weighted by atomic mass is 10.0. The van der Waals surface area contributed by atoms with Crippen molar-refractivity contribution < 1.29 is 9.66 Å². The summed E-state index contributed by atoms with van der Waals surface area (Å²) in [6.45, 7) is 8.75. The molecular weight excluding hydrogens is 418 g/mol. The third-order valence-electron chi connectivity index (χ3n) is 6.65. The maximum absolute atomic E-state index is 10.9. The first kappa shape index (κ1) is 21.6. The molecule has 33 heavy (non-hydrogen) atoms. The van der Waals surface area contributed by atoms with Gasteiger partial charge in [0.2, 0.25) is 0 Å². The minimum atomic E-state index is -0.483. The number of hydrogen-bond acceptors (Lipinski definition) is 6. The Balaban J connectivity index is 1.07. The van der Waals surface area contributed by atoms with Crippen molar-refractivity contribution in [2.24, 2.45) is 0 Å². The van der Waals surface area contributed by atoms with E-state index in [1.165, 1.54) is 22.9 Å². The first-order valence-electron chi connectivity index (χ1n) is 11.5. The molecule has 0 saturated carbocycles. The number of rotatable bonds is 7. The van der Waals surface area contributed by atoms with Crippen LogP contribution in [0.15, 0.2) is 60.8 Å². The largest absolute Gasteiger partial charge is 0.438 e. The van der Waals surface area contributed by atoms with E-state index in [1.807, 2.05) is 6.07 Å². The van der Waals surface area contributed by atoms with Crippen LogP contribution in [0.5, 0.6) is 6.01 Å². The van der Waals surface area contributed by atoms with Gasteiger partial charge >= 0.3 is 11.8 Å². The summed E-state index contributed by atoms with van der Waals surface area (Å²) in [7, 11) is 0. The van der Waals surface area contributed by atoms with E-state index < -0.39 is 4.92 Å². The Morgan fingerprint density at radius 2 is 1.67 bits per heavy atom. The fourth-order valence-corrected chi connectivity index (χ4v) is 4.67. The predicted molar refractivity (Wildman–Crippen MR) is 126 cm³/mol. The van der Waals surface area contributed by atoms with Crippen molar-refractivity contribution >= 4 is 5.82 Å². The zero-order valence-corrected chi connectivity index (χ0v) is 18.9. The van der Waals surface area contributed by atoms with Gasteiger partial charge in [0.05, 0.1) is 6.54 Å². The summed E-state index contributed by atoms with van der Waals surface area (Å²) in [5.41, 5.74) is 3.48. The van der Waals surface area contributed by atoms with E-state index in [0.29, 0.717) is 12.6 Å². The number of hydrogen-bond donors (Lipinski definition) is 0. The summed E-state index contributed by atoms with van der Waals surface area (Å²) in [4.78, 5) is 19.4. The van der Waals surface area contributed by atoms with Gasteiger partial charge in [-0.05, 0) is 28.5 Å². The Kier molecular flexibility index (Phi) is 5.86. The molecule has 8 heteroatoms. The molecule has 5 rings (SSSR count). The van der Waals surface area contributed by atoms with Crippen molar-refractivity contribution in [3.63, 3.8) is 0 Å². The molecule has 0 aliphatic carbocycles. The van der Waals surface area contributed by atoms with Gasteiger partial charge in [-0.25, -0.2) is 0 Å². The average molecular weight is 448 g/mol. The van der Waals surface area contributed by atoms with Crippen LogP contribution in [-0.2, 0) is 13.1 Å². The SMILES string of the molecule is CC1(CCN2CCN(Cc3ccc(-c4ccccc4)cc3)CC2)Cn2cc([N+](=O)[O-])nc2O1. The lowest BCUT2D eigenvalue weighted by Crippen LogP contribution is -2.47. The van der Waals surface area contributed by atoms with Crippen molar-refractivity contribution in [1.29, 1.82) is 0 Å². The van der Waals surface area contributed by atoms with E-state index in [-0.39, 0.29) is 11.4 Å². The minimum Gasteiger partial charge on any atom is -0.438 e. The van der Waals surface area contributed by atoms with Crippen molar-refractivity contribution in [1.82, 2.24) is 19.4 Å². The Morgan fingerprint density at radius 3 is 2.33 bits per heavy atom. The molecule has 1 fully saturated rings. The van der Waals surface area contributed by atoms with Crippen molar-refractivity contribution in [3.8, 4) is 17.1 Å². The van der Waals surface area contributed by atoms with E-state index in [9.17, 15) is 10.1 Å². The van der Waals surface area contributed by atoms with Crippen LogP contribution in [0.2, 0.25) is 0 Å². The van der Waals surface area contributed by atoms with Crippen LogP contribution in [0.1, 0.15) is 18.9 Å². The number of nitrogens with zero attached hydrogens (tertiary/aromatic N) is 5. The monoisotopic (exact) mass is 447 g/mol. The zero-order valence-electron chi connectivity index (χ0n) is 18.9. The molecule has 0 bridgehead atoms. The molecule has 2 aliphatic heterocycles. The second kappa shape index (κ2) is 8.96. The van der Waals surface area contributed by atoms with Gasteiger partial charge in [-0.2, -0.15) is 0 Å². The number of fused-ring (bicyclic) bond motifs is 1. The summed E-state index contributed by atoms with van der Waals surface area (Å²) in [5, 5.41) is 10.9. The minimum absolute atomic E-state index is 0.155. The molecule has 0 radical (unpaired) electrons. The molecule has 1 atom stereocenters. The highest BCUT2D eigenvalue weighted by Crippen LogP contribution is 2.33. The van der Waals surface area contributed by atoms with Crippen LogP contribution in [0.25, 0.3) is 11.1 Å². The highest BCUT2D eigenvalue weighted by molar-refractivity contribution is 5.63. The summed E-state index contributed by atoms with van der Waals surface area (Å²) in [6, 6.07) is 19.7. The Morgan fingerprint density at radius 1 is 1.00 bits per heavy atom. The lowest BCUT2D eigenvalue weighted by Gasteiger charge is -2.36. The maximum atomic E-state index is 10.9. The number of imidazole rings is 1. The topological polar surface area (TPSA) is 76.7 Å². The van der Waals surface area contributed by atoms with Crippen LogP contribution >= 0.6 is 0 Å². The number of benzene rings is 2. The second-order valence-electron chi connectivity index (χ2n) is 9.25. The van der Waals surface area contributed by atoms with Crippen LogP contribution < -0.4 is 4.74 Å². The van der Waals surface area contributed by atoms with Crippen LogP contribution in [0.3, 0.4) is 0 Å². The van der Waals surface area contributed by atoms with Gasteiger partial charge in [-0.3, -0.25) is 9.47 Å². The molecule has 3 heterocycles. The molecule has 8 nitrogen and oxygen atoms in total. The van der Waals surface area contributed by atoms with E-state index in [1.54, 1.807) is 4.57 Å². The quantitative estimate of drug-likeness (QED) is 0.405. The average Bonchev–Trinajstić information content (AvgIpc) is 3.35. The first-order valence-corrected chi connectivity index (χ1v) is 11.5. The molecule has 0 amide bonds.